The van der Waals surface area contributed by atoms with Gasteiger partial charge in [0.1, 0.15) is 11.0 Å². The number of sulfone groups is 1. The zero-order chi connectivity index (χ0) is 19.5. The van der Waals surface area contributed by atoms with Crippen molar-refractivity contribution in [2.75, 3.05) is 6.54 Å². The number of halogens is 1. The predicted molar refractivity (Wildman–Crippen MR) is 104 cm³/mol. The Morgan fingerprint density at radius 1 is 0.852 bits per heavy atom. The zero-order valence-electron chi connectivity index (χ0n) is 13.9. The lowest BCUT2D eigenvalue weighted by Gasteiger charge is -2.17. The van der Waals surface area contributed by atoms with Gasteiger partial charge in [-0.05, 0) is 48.5 Å². The molecule has 1 N–H and O–H groups in total. The highest BCUT2D eigenvalue weighted by Gasteiger charge is 2.32. The Labute approximate surface area is 166 Å². The van der Waals surface area contributed by atoms with Crippen LogP contribution in [0.5, 0.6) is 0 Å². The Balaban J connectivity index is 1.91. The molecule has 1 atom stereocenters. The molecule has 0 aliphatic rings. The van der Waals surface area contributed by atoms with Crippen molar-refractivity contribution in [1.29, 1.82) is 0 Å². The van der Waals surface area contributed by atoms with Gasteiger partial charge in [0.25, 0.3) is 0 Å². The summed E-state index contributed by atoms with van der Waals surface area (Å²) in [5, 5.41) is -1.19. The normalized spacial score (nSPS) is 13.4. The maximum absolute atomic E-state index is 13.0. The molecule has 3 rings (SSSR count). The first-order valence-electron chi connectivity index (χ1n) is 7.88. The quantitative estimate of drug-likeness (QED) is 0.570. The van der Waals surface area contributed by atoms with Crippen molar-refractivity contribution in [3.05, 3.63) is 83.2 Å². The summed E-state index contributed by atoms with van der Waals surface area (Å²) < 4.78 is 59.5. The summed E-state index contributed by atoms with van der Waals surface area (Å²) in [5.41, 5.74) is 0. The van der Waals surface area contributed by atoms with Crippen LogP contribution in [0.25, 0.3) is 0 Å². The van der Waals surface area contributed by atoms with Gasteiger partial charge in [-0.3, -0.25) is 0 Å². The van der Waals surface area contributed by atoms with E-state index in [1.165, 1.54) is 36.6 Å². The van der Waals surface area contributed by atoms with E-state index in [0.29, 0.717) is 0 Å². The first-order chi connectivity index (χ1) is 12.8. The van der Waals surface area contributed by atoms with Crippen LogP contribution in [0.4, 0.5) is 0 Å². The average Bonchev–Trinajstić information content (AvgIpc) is 3.17. The third kappa shape index (κ3) is 4.49. The van der Waals surface area contributed by atoms with E-state index in [9.17, 15) is 16.8 Å². The van der Waals surface area contributed by atoms with Crippen LogP contribution in [0.3, 0.4) is 0 Å². The highest BCUT2D eigenvalue weighted by Crippen LogP contribution is 2.29. The van der Waals surface area contributed by atoms with Crippen LogP contribution in [-0.2, 0) is 19.9 Å². The van der Waals surface area contributed by atoms with Gasteiger partial charge in [0.2, 0.25) is 10.0 Å². The third-order valence-corrected chi connectivity index (χ3v) is 7.93. The molecule has 0 unspecified atom stereocenters. The molecule has 1 aromatic heterocycles. The smallest absolute Gasteiger partial charge is 0.240 e. The van der Waals surface area contributed by atoms with Crippen LogP contribution >= 0.6 is 15.9 Å². The van der Waals surface area contributed by atoms with E-state index in [2.05, 4.69) is 20.7 Å². The maximum Gasteiger partial charge on any atom is 0.240 e. The second-order valence-electron chi connectivity index (χ2n) is 5.67. The molecule has 0 radical (unpaired) electrons. The van der Waals surface area contributed by atoms with Crippen molar-refractivity contribution < 1.29 is 21.3 Å². The molecule has 0 saturated heterocycles. The van der Waals surface area contributed by atoms with E-state index >= 15 is 0 Å². The van der Waals surface area contributed by atoms with Gasteiger partial charge in [-0.25, -0.2) is 21.6 Å². The zero-order valence-corrected chi connectivity index (χ0v) is 17.2. The van der Waals surface area contributed by atoms with Gasteiger partial charge in [-0.15, -0.1) is 0 Å². The summed E-state index contributed by atoms with van der Waals surface area (Å²) in [7, 11) is -7.75. The molecule has 142 valence electrons. The minimum atomic E-state index is -3.88. The molecule has 27 heavy (non-hydrogen) atoms. The van der Waals surface area contributed by atoms with Gasteiger partial charge >= 0.3 is 0 Å². The minimum absolute atomic E-state index is 0.0426. The van der Waals surface area contributed by atoms with Gasteiger partial charge in [0, 0.05) is 11.0 Å². The van der Waals surface area contributed by atoms with Crippen molar-refractivity contribution in [3.63, 3.8) is 0 Å². The van der Waals surface area contributed by atoms with Crippen molar-refractivity contribution in [3.8, 4) is 0 Å². The molecule has 0 aliphatic carbocycles. The summed E-state index contributed by atoms with van der Waals surface area (Å²) in [4.78, 5) is 0.134. The average molecular weight is 470 g/mol. The second-order valence-corrected chi connectivity index (χ2v) is 10.5. The molecule has 0 saturated carbocycles. The van der Waals surface area contributed by atoms with Crippen LogP contribution in [0.2, 0.25) is 0 Å². The van der Waals surface area contributed by atoms with Crippen molar-refractivity contribution in [1.82, 2.24) is 4.72 Å². The van der Waals surface area contributed by atoms with Crippen LogP contribution in [0, 0.1) is 0 Å². The molecule has 1 heterocycles. The van der Waals surface area contributed by atoms with E-state index < -0.39 is 25.1 Å². The maximum atomic E-state index is 13.0. The topological polar surface area (TPSA) is 93.4 Å². The monoisotopic (exact) mass is 469 g/mol. The van der Waals surface area contributed by atoms with Gasteiger partial charge < -0.3 is 4.42 Å². The number of sulfonamides is 1. The fraction of sp³-hybridized carbons (Fsp3) is 0.111. The van der Waals surface area contributed by atoms with Crippen LogP contribution in [-0.4, -0.2) is 23.4 Å². The molecule has 0 amide bonds. The summed E-state index contributed by atoms with van der Waals surface area (Å²) in [6.07, 6.45) is 1.35. The molecule has 0 fully saturated rings. The molecule has 9 heteroatoms. The lowest BCUT2D eigenvalue weighted by atomic mass is 10.3. The number of furan rings is 1. The van der Waals surface area contributed by atoms with Crippen LogP contribution < -0.4 is 4.72 Å². The van der Waals surface area contributed by atoms with E-state index in [1.807, 2.05) is 0 Å². The molecule has 0 spiro atoms. The van der Waals surface area contributed by atoms with E-state index in [1.54, 1.807) is 36.4 Å². The third-order valence-electron chi connectivity index (χ3n) is 3.89. The Hall–Kier alpha value is -1.94. The Morgan fingerprint density at radius 2 is 1.52 bits per heavy atom. The second kappa shape index (κ2) is 7.97. The lowest BCUT2D eigenvalue weighted by Crippen LogP contribution is -2.31. The van der Waals surface area contributed by atoms with Gasteiger partial charge in [0.15, 0.2) is 9.84 Å². The van der Waals surface area contributed by atoms with Gasteiger partial charge in [0.05, 0.1) is 16.1 Å². The molecule has 2 aromatic carbocycles. The highest BCUT2D eigenvalue weighted by atomic mass is 79.9. The van der Waals surface area contributed by atoms with Gasteiger partial charge in [-0.2, -0.15) is 0 Å². The summed E-state index contributed by atoms with van der Waals surface area (Å²) in [6, 6.07) is 17.0. The predicted octanol–water partition coefficient (Wildman–Crippen LogP) is 3.54. The minimum Gasteiger partial charge on any atom is -0.468 e. The number of rotatable bonds is 7. The number of hydrogen-bond donors (Lipinski definition) is 1. The molecular formula is C18H16BrNO5S2. The fourth-order valence-corrected chi connectivity index (χ4v) is 5.52. The summed E-state index contributed by atoms with van der Waals surface area (Å²) in [5.74, 6) is 0.164. The lowest BCUT2D eigenvalue weighted by molar-refractivity contribution is 0.486. The first kappa shape index (κ1) is 19.8. The summed E-state index contributed by atoms with van der Waals surface area (Å²) >= 11 is 3.25. The molecule has 6 nitrogen and oxygen atoms in total. The standard InChI is InChI=1S/C18H16BrNO5S2/c19-14-8-10-16(11-9-14)27(23,24)20-13-18(17-7-4-12-25-17)26(21,22)15-5-2-1-3-6-15/h1-12,18,20H,13H2/t18-/m0/s1. The summed E-state index contributed by atoms with van der Waals surface area (Å²) in [6.45, 7) is -0.358. The largest absolute Gasteiger partial charge is 0.468 e. The first-order valence-corrected chi connectivity index (χ1v) is 11.7. The highest BCUT2D eigenvalue weighted by molar-refractivity contribution is 9.10. The van der Waals surface area contributed by atoms with Crippen molar-refractivity contribution in [2.45, 2.75) is 15.0 Å². The Bertz CT molecular complexity index is 1090. The fourth-order valence-electron chi connectivity index (χ4n) is 2.49. The van der Waals surface area contributed by atoms with Crippen molar-refractivity contribution in [2.24, 2.45) is 0 Å². The number of benzene rings is 2. The van der Waals surface area contributed by atoms with Crippen LogP contribution in [0.1, 0.15) is 11.0 Å². The number of nitrogens with one attached hydrogen (secondary N) is 1. The SMILES string of the molecule is O=S(=O)(NC[C@@H](c1ccco1)S(=O)(=O)c1ccccc1)c1ccc(Br)cc1. The van der Waals surface area contributed by atoms with Crippen molar-refractivity contribution >= 4 is 35.8 Å². The Kier molecular flexibility index (Phi) is 5.85. The van der Waals surface area contributed by atoms with E-state index in [0.717, 1.165) is 4.47 Å². The molecule has 0 bridgehead atoms. The molecule has 3 aromatic rings. The van der Waals surface area contributed by atoms with E-state index in [-0.39, 0.29) is 22.1 Å². The number of hydrogen-bond acceptors (Lipinski definition) is 5. The van der Waals surface area contributed by atoms with Crippen LogP contribution in [0.15, 0.2) is 91.7 Å². The molecular weight excluding hydrogens is 454 g/mol. The van der Waals surface area contributed by atoms with E-state index in [4.69, 9.17) is 4.42 Å². The van der Waals surface area contributed by atoms with Gasteiger partial charge in [-0.1, -0.05) is 34.1 Å². The molecule has 0 aliphatic heterocycles. The Morgan fingerprint density at radius 3 is 2.11 bits per heavy atom.